The van der Waals surface area contributed by atoms with Crippen LogP contribution in [-0.2, 0) is 0 Å². The second-order valence-corrected chi connectivity index (χ2v) is 5.42. The van der Waals surface area contributed by atoms with Gasteiger partial charge in [-0.2, -0.15) is 0 Å². The molecule has 3 aromatic rings. The SMILES string of the molecule is Cc1ccc2ccccc2c1-c1ccc(N(C)C)cc1. The quantitative estimate of drug-likeness (QED) is 0.635. The van der Waals surface area contributed by atoms with Gasteiger partial charge < -0.3 is 4.90 Å². The molecule has 0 fully saturated rings. The highest BCUT2D eigenvalue weighted by Gasteiger charge is 2.07. The summed E-state index contributed by atoms with van der Waals surface area (Å²) in [5.74, 6) is 0. The Morgan fingerprint density at radius 3 is 2.15 bits per heavy atom. The van der Waals surface area contributed by atoms with E-state index in [1.807, 2.05) is 0 Å². The van der Waals surface area contributed by atoms with Gasteiger partial charge in [0.2, 0.25) is 0 Å². The molecule has 0 bridgehead atoms. The third-order valence-electron chi connectivity index (χ3n) is 3.81. The van der Waals surface area contributed by atoms with Crippen LogP contribution in [0, 0.1) is 6.92 Å². The van der Waals surface area contributed by atoms with E-state index in [4.69, 9.17) is 0 Å². The summed E-state index contributed by atoms with van der Waals surface area (Å²) in [6, 6.07) is 21.8. The molecule has 0 spiro atoms. The highest BCUT2D eigenvalue weighted by Crippen LogP contribution is 2.32. The smallest absolute Gasteiger partial charge is 0.0361 e. The first-order chi connectivity index (χ1) is 9.66. The number of fused-ring (bicyclic) bond motifs is 1. The molecule has 0 radical (unpaired) electrons. The highest BCUT2D eigenvalue weighted by molar-refractivity contribution is 5.98. The van der Waals surface area contributed by atoms with E-state index in [1.54, 1.807) is 0 Å². The Kier molecular flexibility index (Phi) is 3.19. The topological polar surface area (TPSA) is 3.24 Å². The molecule has 1 nitrogen and oxygen atoms in total. The summed E-state index contributed by atoms with van der Waals surface area (Å²) < 4.78 is 0. The second-order valence-electron chi connectivity index (χ2n) is 5.42. The summed E-state index contributed by atoms with van der Waals surface area (Å²) >= 11 is 0. The van der Waals surface area contributed by atoms with Crippen molar-refractivity contribution in [2.45, 2.75) is 6.92 Å². The fraction of sp³-hybridized carbons (Fsp3) is 0.158. The first-order valence-electron chi connectivity index (χ1n) is 6.93. The van der Waals surface area contributed by atoms with E-state index < -0.39 is 0 Å². The van der Waals surface area contributed by atoms with E-state index in [2.05, 4.69) is 86.6 Å². The molecule has 0 saturated heterocycles. The minimum atomic E-state index is 1.23. The van der Waals surface area contributed by atoms with Gasteiger partial charge in [0, 0.05) is 19.8 Å². The molecule has 0 aromatic heterocycles. The molecule has 0 amide bonds. The summed E-state index contributed by atoms with van der Waals surface area (Å²) in [5, 5.41) is 2.62. The number of hydrogen-bond acceptors (Lipinski definition) is 1. The summed E-state index contributed by atoms with van der Waals surface area (Å²) in [6.07, 6.45) is 0. The number of nitrogens with zero attached hydrogens (tertiary/aromatic N) is 1. The average Bonchev–Trinajstić information content (AvgIpc) is 2.47. The lowest BCUT2D eigenvalue weighted by Gasteiger charge is -2.15. The molecule has 0 saturated carbocycles. The van der Waals surface area contributed by atoms with Crippen molar-refractivity contribution in [1.82, 2.24) is 0 Å². The second kappa shape index (κ2) is 5.01. The maximum Gasteiger partial charge on any atom is 0.0361 e. The number of rotatable bonds is 2. The van der Waals surface area contributed by atoms with Crippen LogP contribution in [0.4, 0.5) is 5.69 Å². The van der Waals surface area contributed by atoms with Gasteiger partial charge in [-0.3, -0.25) is 0 Å². The maximum atomic E-state index is 2.21. The lowest BCUT2D eigenvalue weighted by molar-refractivity contribution is 1.13. The summed E-state index contributed by atoms with van der Waals surface area (Å²) in [7, 11) is 4.14. The van der Waals surface area contributed by atoms with Gasteiger partial charge in [0.25, 0.3) is 0 Å². The normalized spacial score (nSPS) is 10.8. The molecule has 20 heavy (non-hydrogen) atoms. The maximum absolute atomic E-state index is 2.21. The molecule has 0 heterocycles. The Morgan fingerprint density at radius 2 is 1.45 bits per heavy atom. The van der Waals surface area contributed by atoms with Crippen LogP contribution >= 0.6 is 0 Å². The van der Waals surface area contributed by atoms with Gasteiger partial charge in [0.15, 0.2) is 0 Å². The summed E-state index contributed by atoms with van der Waals surface area (Å²) in [5.41, 5.74) is 5.17. The molecule has 0 aliphatic carbocycles. The molecule has 0 unspecified atom stereocenters. The zero-order valence-corrected chi connectivity index (χ0v) is 12.2. The summed E-state index contributed by atoms with van der Waals surface area (Å²) in [6.45, 7) is 2.18. The van der Waals surface area contributed by atoms with Crippen molar-refractivity contribution in [3.8, 4) is 11.1 Å². The van der Waals surface area contributed by atoms with Crippen molar-refractivity contribution in [1.29, 1.82) is 0 Å². The Bertz CT molecular complexity index is 739. The molecular weight excluding hydrogens is 242 g/mol. The molecule has 0 atom stereocenters. The predicted molar refractivity (Wildman–Crippen MR) is 88.4 cm³/mol. The number of benzene rings is 3. The lowest BCUT2D eigenvalue weighted by Crippen LogP contribution is -2.07. The first kappa shape index (κ1) is 12.7. The van der Waals surface area contributed by atoms with Gasteiger partial charge in [-0.15, -0.1) is 0 Å². The van der Waals surface area contributed by atoms with Gasteiger partial charge in [-0.1, -0.05) is 48.5 Å². The third kappa shape index (κ3) is 2.16. The fourth-order valence-electron chi connectivity index (χ4n) is 2.69. The van der Waals surface area contributed by atoms with Gasteiger partial charge in [-0.25, -0.2) is 0 Å². The average molecular weight is 261 g/mol. The van der Waals surface area contributed by atoms with Crippen LogP contribution in [0.1, 0.15) is 5.56 Å². The van der Waals surface area contributed by atoms with E-state index in [0.29, 0.717) is 0 Å². The lowest BCUT2D eigenvalue weighted by atomic mass is 9.94. The minimum absolute atomic E-state index is 1.23. The number of aryl methyl sites for hydroxylation is 1. The number of hydrogen-bond donors (Lipinski definition) is 0. The first-order valence-corrected chi connectivity index (χ1v) is 6.93. The zero-order chi connectivity index (χ0) is 14.1. The van der Waals surface area contributed by atoms with Gasteiger partial charge >= 0.3 is 0 Å². The molecule has 0 aliphatic heterocycles. The molecule has 0 aliphatic rings. The van der Waals surface area contributed by atoms with Crippen molar-refractivity contribution in [3.63, 3.8) is 0 Å². The van der Waals surface area contributed by atoms with Crippen LogP contribution in [0.25, 0.3) is 21.9 Å². The zero-order valence-electron chi connectivity index (χ0n) is 12.2. The van der Waals surface area contributed by atoms with Crippen LogP contribution < -0.4 is 4.90 Å². The standard InChI is InChI=1S/C19H19N/c1-14-8-9-15-6-4-5-7-18(15)19(14)16-10-12-17(13-11-16)20(2)3/h4-13H,1-3H3. The van der Waals surface area contributed by atoms with Crippen molar-refractivity contribution in [2.75, 3.05) is 19.0 Å². The van der Waals surface area contributed by atoms with Crippen molar-refractivity contribution in [3.05, 3.63) is 66.2 Å². The fourth-order valence-corrected chi connectivity index (χ4v) is 2.69. The molecule has 3 rings (SSSR count). The third-order valence-corrected chi connectivity index (χ3v) is 3.81. The molecule has 100 valence electrons. The molecule has 3 aromatic carbocycles. The van der Waals surface area contributed by atoms with E-state index in [9.17, 15) is 0 Å². The van der Waals surface area contributed by atoms with Crippen molar-refractivity contribution < 1.29 is 0 Å². The molecular formula is C19H19N. The Labute approximate surface area is 120 Å². The predicted octanol–water partition coefficient (Wildman–Crippen LogP) is 4.88. The van der Waals surface area contributed by atoms with Crippen LogP contribution in [0.15, 0.2) is 60.7 Å². The monoisotopic (exact) mass is 261 g/mol. The van der Waals surface area contributed by atoms with Gasteiger partial charge in [0.1, 0.15) is 0 Å². The van der Waals surface area contributed by atoms with Crippen molar-refractivity contribution >= 4 is 16.5 Å². The van der Waals surface area contributed by atoms with Crippen LogP contribution in [0.2, 0.25) is 0 Å². The van der Waals surface area contributed by atoms with Gasteiger partial charge in [-0.05, 0) is 46.5 Å². The largest absolute Gasteiger partial charge is 0.378 e. The van der Waals surface area contributed by atoms with Crippen LogP contribution in [0.5, 0.6) is 0 Å². The van der Waals surface area contributed by atoms with Crippen molar-refractivity contribution in [2.24, 2.45) is 0 Å². The molecule has 1 heteroatoms. The molecule has 0 N–H and O–H groups in total. The van der Waals surface area contributed by atoms with Crippen LogP contribution in [-0.4, -0.2) is 14.1 Å². The minimum Gasteiger partial charge on any atom is -0.378 e. The Morgan fingerprint density at radius 1 is 0.750 bits per heavy atom. The van der Waals surface area contributed by atoms with E-state index in [1.165, 1.54) is 33.2 Å². The van der Waals surface area contributed by atoms with Crippen LogP contribution in [0.3, 0.4) is 0 Å². The summed E-state index contributed by atoms with van der Waals surface area (Å²) in [4.78, 5) is 2.12. The van der Waals surface area contributed by atoms with E-state index >= 15 is 0 Å². The Hall–Kier alpha value is -2.28. The van der Waals surface area contributed by atoms with E-state index in [0.717, 1.165) is 0 Å². The number of anilines is 1. The van der Waals surface area contributed by atoms with E-state index in [-0.39, 0.29) is 0 Å². The Balaban J connectivity index is 2.20. The highest BCUT2D eigenvalue weighted by atomic mass is 15.1. The van der Waals surface area contributed by atoms with Gasteiger partial charge in [0.05, 0.1) is 0 Å².